The highest BCUT2D eigenvalue weighted by atomic mass is 16.3. The van der Waals surface area contributed by atoms with E-state index in [1.54, 1.807) is 5.57 Å². The van der Waals surface area contributed by atoms with Gasteiger partial charge in [-0.3, -0.25) is 0 Å². The van der Waals surface area contributed by atoms with Crippen molar-refractivity contribution in [2.75, 3.05) is 0 Å². The Morgan fingerprint density at radius 2 is 1.81 bits per heavy atom. The zero-order valence-electron chi connectivity index (χ0n) is 11.2. The molecule has 1 fully saturated rings. The van der Waals surface area contributed by atoms with Crippen molar-refractivity contribution in [2.45, 2.75) is 59.0 Å². The van der Waals surface area contributed by atoms with Gasteiger partial charge in [-0.1, -0.05) is 25.5 Å². The minimum atomic E-state index is -0.552. The van der Waals surface area contributed by atoms with Crippen LogP contribution in [0.5, 0.6) is 0 Å². The summed E-state index contributed by atoms with van der Waals surface area (Å²) in [6.45, 7) is 8.66. The molecule has 2 rings (SSSR count). The number of rotatable bonds is 1. The quantitative estimate of drug-likeness (QED) is 0.669. The van der Waals surface area contributed by atoms with Crippen LogP contribution in [0.4, 0.5) is 0 Å². The molecule has 0 aromatic rings. The highest BCUT2D eigenvalue weighted by Gasteiger charge is 2.36. The van der Waals surface area contributed by atoms with Crippen LogP contribution in [-0.2, 0) is 0 Å². The van der Waals surface area contributed by atoms with Crippen LogP contribution in [0.15, 0.2) is 11.6 Å². The minimum absolute atomic E-state index is 0.357. The Kier molecular flexibility index (Phi) is 3.18. The number of hydrogen-bond donors (Lipinski definition) is 1. The van der Waals surface area contributed by atoms with Crippen molar-refractivity contribution in [2.24, 2.45) is 23.7 Å². The van der Waals surface area contributed by atoms with Crippen molar-refractivity contribution in [1.29, 1.82) is 0 Å². The van der Waals surface area contributed by atoms with Gasteiger partial charge in [-0.2, -0.15) is 0 Å². The third-order valence-electron chi connectivity index (χ3n) is 4.83. The van der Waals surface area contributed by atoms with Gasteiger partial charge in [-0.05, 0) is 57.3 Å². The molecule has 16 heavy (non-hydrogen) atoms. The SMILES string of the molecule is CC1CC[C@@H]2C1=C[C@H](C(C)(C)O)CCC2C. The van der Waals surface area contributed by atoms with Crippen LogP contribution in [0.1, 0.15) is 53.4 Å². The average Bonchev–Trinajstić information content (AvgIpc) is 2.42. The van der Waals surface area contributed by atoms with Crippen LogP contribution in [0.25, 0.3) is 0 Å². The van der Waals surface area contributed by atoms with Crippen LogP contribution in [0, 0.1) is 23.7 Å². The highest BCUT2D eigenvalue weighted by molar-refractivity contribution is 5.20. The normalized spacial score (nSPS) is 40.2. The van der Waals surface area contributed by atoms with Gasteiger partial charge in [0.05, 0.1) is 5.60 Å². The van der Waals surface area contributed by atoms with E-state index >= 15 is 0 Å². The van der Waals surface area contributed by atoms with Crippen molar-refractivity contribution < 1.29 is 5.11 Å². The Balaban J connectivity index is 2.28. The summed E-state index contributed by atoms with van der Waals surface area (Å²) < 4.78 is 0. The molecular formula is C15H26O. The van der Waals surface area contributed by atoms with Gasteiger partial charge in [-0.15, -0.1) is 0 Å². The smallest absolute Gasteiger partial charge is 0.0654 e. The maximum absolute atomic E-state index is 10.2. The van der Waals surface area contributed by atoms with Gasteiger partial charge in [0.2, 0.25) is 0 Å². The first-order valence-corrected chi connectivity index (χ1v) is 6.83. The van der Waals surface area contributed by atoms with E-state index in [9.17, 15) is 5.11 Å². The van der Waals surface area contributed by atoms with E-state index in [0.29, 0.717) is 5.92 Å². The Bertz CT molecular complexity index is 284. The van der Waals surface area contributed by atoms with Crippen LogP contribution < -0.4 is 0 Å². The van der Waals surface area contributed by atoms with Crippen molar-refractivity contribution in [1.82, 2.24) is 0 Å². The van der Waals surface area contributed by atoms with Gasteiger partial charge in [0.15, 0.2) is 0 Å². The molecule has 2 aliphatic carbocycles. The lowest BCUT2D eigenvalue weighted by Crippen LogP contribution is -2.29. The number of hydrogen-bond acceptors (Lipinski definition) is 1. The molecule has 1 heteroatoms. The first-order chi connectivity index (χ1) is 7.39. The van der Waals surface area contributed by atoms with Crippen LogP contribution >= 0.6 is 0 Å². The number of allylic oxidation sites excluding steroid dienone is 1. The molecule has 0 amide bonds. The van der Waals surface area contributed by atoms with E-state index in [1.165, 1.54) is 19.3 Å². The summed E-state index contributed by atoms with van der Waals surface area (Å²) in [5.74, 6) is 2.72. The van der Waals surface area contributed by atoms with E-state index in [0.717, 1.165) is 24.2 Å². The first-order valence-electron chi connectivity index (χ1n) is 6.83. The molecule has 0 spiro atoms. The third-order valence-corrected chi connectivity index (χ3v) is 4.83. The van der Waals surface area contributed by atoms with Gasteiger partial charge in [0.25, 0.3) is 0 Å². The molecular weight excluding hydrogens is 196 g/mol. The molecule has 92 valence electrons. The van der Waals surface area contributed by atoms with E-state index < -0.39 is 5.60 Å². The lowest BCUT2D eigenvalue weighted by molar-refractivity contribution is 0.0321. The fourth-order valence-electron chi connectivity index (χ4n) is 3.55. The molecule has 0 radical (unpaired) electrons. The Morgan fingerprint density at radius 3 is 2.44 bits per heavy atom. The van der Waals surface area contributed by atoms with Gasteiger partial charge < -0.3 is 5.11 Å². The molecule has 0 aliphatic heterocycles. The molecule has 4 atom stereocenters. The first kappa shape index (κ1) is 12.2. The lowest BCUT2D eigenvalue weighted by Gasteiger charge is -2.27. The Hall–Kier alpha value is -0.300. The van der Waals surface area contributed by atoms with Crippen LogP contribution in [-0.4, -0.2) is 10.7 Å². The second kappa shape index (κ2) is 4.18. The maximum atomic E-state index is 10.2. The predicted molar refractivity (Wildman–Crippen MR) is 68.2 cm³/mol. The predicted octanol–water partition coefficient (Wildman–Crippen LogP) is 3.78. The van der Waals surface area contributed by atoms with Crippen molar-refractivity contribution in [3.05, 3.63) is 11.6 Å². The van der Waals surface area contributed by atoms with Crippen LogP contribution in [0.2, 0.25) is 0 Å². The summed E-state index contributed by atoms with van der Waals surface area (Å²) >= 11 is 0. The molecule has 1 saturated carbocycles. The van der Waals surface area contributed by atoms with Gasteiger partial charge in [0, 0.05) is 5.92 Å². The summed E-state index contributed by atoms with van der Waals surface area (Å²) in [6.07, 6.45) is 7.56. The second-order valence-corrected chi connectivity index (χ2v) is 6.57. The largest absolute Gasteiger partial charge is 0.390 e. The second-order valence-electron chi connectivity index (χ2n) is 6.57. The Morgan fingerprint density at radius 1 is 1.12 bits per heavy atom. The highest BCUT2D eigenvalue weighted by Crippen LogP contribution is 2.46. The standard InChI is InChI=1S/C15H26O/c1-10-5-7-12(15(3,4)16)9-14-11(2)6-8-13(10)14/h9-13,16H,5-8H2,1-4H3/t10?,11?,12-,13+/m1/s1. The minimum Gasteiger partial charge on any atom is -0.390 e. The molecule has 1 nitrogen and oxygen atoms in total. The molecule has 0 aromatic heterocycles. The summed E-state index contributed by atoms with van der Waals surface area (Å²) in [7, 11) is 0. The summed E-state index contributed by atoms with van der Waals surface area (Å²) in [5, 5.41) is 10.2. The maximum Gasteiger partial charge on any atom is 0.0654 e. The summed E-state index contributed by atoms with van der Waals surface area (Å²) in [6, 6.07) is 0. The molecule has 1 N–H and O–H groups in total. The molecule has 2 unspecified atom stereocenters. The average molecular weight is 222 g/mol. The molecule has 0 heterocycles. The van der Waals surface area contributed by atoms with E-state index in [1.807, 2.05) is 13.8 Å². The molecule has 0 saturated heterocycles. The number of fused-ring (bicyclic) bond motifs is 1. The summed E-state index contributed by atoms with van der Waals surface area (Å²) in [5.41, 5.74) is 1.10. The van der Waals surface area contributed by atoms with E-state index in [4.69, 9.17) is 0 Å². The molecule has 0 aromatic carbocycles. The van der Waals surface area contributed by atoms with Gasteiger partial charge in [0.1, 0.15) is 0 Å². The monoisotopic (exact) mass is 222 g/mol. The zero-order valence-corrected chi connectivity index (χ0v) is 11.2. The molecule has 2 aliphatic rings. The fourth-order valence-corrected chi connectivity index (χ4v) is 3.55. The van der Waals surface area contributed by atoms with Gasteiger partial charge in [-0.25, -0.2) is 0 Å². The zero-order chi connectivity index (χ0) is 11.9. The van der Waals surface area contributed by atoms with Gasteiger partial charge >= 0.3 is 0 Å². The summed E-state index contributed by atoms with van der Waals surface area (Å²) in [4.78, 5) is 0. The van der Waals surface area contributed by atoms with E-state index in [-0.39, 0.29) is 0 Å². The van der Waals surface area contributed by atoms with Crippen molar-refractivity contribution in [3.8, 4) is 0 Å². The van der Waals surface area contributed by atoms with Crippen LogP contribution in [0.3, 0.4) is 0 Å². The topological polar surface area (TPSA) is 20.2 Å². The fraction of sp³-hybridized carbons (Fsp3) is 0.867. The van der Waals surface area contributed by atoms with Crippen molar-refractivity contribution in [3.63, 3.8) is 0 Å². The van der Waals surface area contributed by atoms with E-state index in [2.05, 4.69) is 19.9 Å². The lowest BCUT2D eigenvalue weighted by atomic mass is 9.85. The molecule has 0 bridgehead atoms. The Labute approximate surface area is 99.9 Å². The van der Waals surface area contributed by atoms with Crippen molar-refractivity contribution >= 4 is 0 Å². The third kappa shape index (κ3) is 2.20. The number of aliphatic hydroxyl groups is 1.